The average Bonchev–Trinajstić information content (AvgIpc) is 3.00. The maximum Gasteiger partial charge on any atom is 0.251 e. The number of ether oxygens (including phenoxy) is 1. The van der Waals surface area contributed by atoms with Gasteiger partial charge in [-0.05, 0) is 25.1 Å². The van der Waals surface area contributed by atoms with Gasteiger partial charge in [0.25, 0.3) is 5.95 Å². The van der Waals surface area contributed by atoms with Gasteiger partial charge in [-0.2, -0.15) is 15.0 Å². The lowest BCUT2D eigenvalue weighted by molar-refractivity contribution is 0.416. The molecule has 0 aliphatic heterocycles. The molecule has 22 heavy (non-hydrogen) atoms. The zero-order valence-electron chi connectivity index (χ0n) is 12.2. The van der Waals surface area contributed by atoms with Crippen LogP contribution in [0.3, 0.4) is 0 Å². The third kappa shape index (κ3) is 2.40. The van der Waals surface area contributed by atoms with Crippen molar-refractivity contribution in [3.8, 4) is 29.0 Å². The van der Waals surface area contributed by atoms with Crippen molar-refractivity contribution in [2.45, 2.75) is 6.92 Å². The summed E-state index contributed by atoms with van der Waals surface area (Å²) in [4.78, 5) is 8.40. The third-order valence-corrected chi connectivity index (χ3v) is 3.20. The zero-order chi connectivity index (χ0) is 15.5. The van der Waals surface area contributed by atoms with E-state index >= 15 is 0 Å². The number of methoxy groups -OCH3 is 1. The molecule has 0 saturated heterocycles. The summed E-state index contributed by atoms with van der Waals surface area (Å²) >= 11 is 0. The fourth-order valence-electron chi connectivity index (χ4n) is 2.20. The number of benzene rings is 1. The van der Waals surface area contributed by atoms with Gasteiger partial charge in [-0.15, -0.1) is 0 Å². The van der Waals surface area contributed by atoms with Crippen LogP contribution in [0.5, 0.6) is 5.75 Å². The van der Waals surface area contributed by atoms with Crippen molar-refractivity contribution in [2.75, 3.05) is 7.11 Å². The first-order valence-electron chi connectivity index (χ1n) is 6.65. The number of rotatable bonds is 3. The van der Waals surface area contributed by atoms with Gasteiger partial charge < -0.3 is 4.74 Å². The van der Waals surface area contributed by atoms with Crippen LogP contribution in [-0.2, 0) is 0 Å². The van der Waals surface area contributed by atoms with Gasteiger partial charge in [0.05, 0.1) is 12.8 Å². The highest BCUT2D eigenvalue weighted by Crippen LogP contribution is 2.32. The summed E-state index contributed by atoms with van der Waals surface area (Å²) in [6.45, 7) is 1.99. The topological polar surface area (TPSA) is 76.6 Å². The minimum atomic E-state index is 0.297. The number of aromatic nitrogens is 4. The van der Waals surface area contributed by atoms with Crippen molar-refractivity contribution >= 4 is 0 Å². The van der Waals surface area contributed by atoms with Gasteiger partial charge in [0, 0.05) is 24.0 Å². The van der Waals surface area contributed by atoms with Crippen molar-refractivity contribution in [1.82, 2.24) is 19.7 Å². The summed E-state index contributed by atoms with van der Waals surface area (Å²) in [5.74, 6) is 1.11. The van der Waals surface area contributed by atoms with Gasteiger partial charge in [0.2, 0.25) is 0 Å². The Kier molecular flexibility index (Phi) is 3.54. The SMILES string of the molecule is COc1ccc(C)cc1-c1cc(C#N)nn1-c1ncccn1. The van der Waals surface area contributed by atoms with E-state index in [-0.39, 0.29) is 0 Å². The summed E-state index contributed by atoms with van der Waals surface area (Å²) in [5, 5.41) is 13.4. The molecule has 0 amide bonds. The van der Waals surface area contributed by atoms with Crippen LogP contribution in [0.2, 0.25) is 0 Å². The second-order valence-electron chi connectivity index (χ2n) is 4.69. The molecule has 0 atom stereocenters. The first kappa shape index (κ1) is 13.8. The molecule has 0 spiro atoms. The first-order chi connectivity index (χ1) is 10.7. The lowest BCUT2D eigenvalue weighted by Gasteiger charge is -2.10. The molecule has 0 unspecified atom stereocenters. The molecule has 1 aromatic carbocycles. The van der Waals surface area contributed by atoms with E-state index in [9.17, 15) is 0 Å². The Bertz CT molecular complexity index is 849. The monoisotopic (exact) mass is 291 g/mol. The molecule has 0 fully saturated rings. The van der Waals surface area contributed by atoms with Gasteiger partial charge in [-0.25, -0.2) is 9.97 Å². The summed E-state index contributed by atoms with van der Waals surface area (Å²) < 4.78 is 6.98. The fourth-order valence-corrected chi connectivity index (χ4v) is 2.20. The largest absolute Gasteiger partial charge is 0.496 e. The molecule has 0 aliphatic rings. The Labute approximate surface area is 127 Å². The molecule has 0 N–H and O–H groups in total. The lowest BCUT2D eigenvalue weighted by atomic mass is 10.1. The molecular formula is C16H13N5O. The molecule has 0 radical (unpaired) electrons. The Morgan fingerprint density at radius 2 is 1.95 bits per heavy atom. The minimum absolute atomic E-state index is 0.297. The fraction of sp³-hybridized carbons (Fsp3) is 0.125. The third-order valence-electron chi connectivity index (χ3n) is 3.20. The Morgan fingerprint density at radius 1 is 1.18 bits per heavy atom. The second kappa shape index (κ2) is 5.66. The van der Waals surface area contributed by atoms with Crippen molar-refractivity contribution in [1.29, 1.82) is 5.26 Å². The van der Waals surface area contributed by atoms with Gasteiger partial charge >= 0.3 is 0 Å². The highest BCUT2D eigenvalue weighted by molar-refractivity contribution is 5.70. The van der Waals surface area contributed by atoms with E-state index < -0.39 is 0 Å². The smallest absolute Gasteiger partial charge is 0.251 e. The van der Waals surface area contributed by atoms with Crippen LogP contribution in [0, 0.1) is 18.3 Å². The maximum absolute atomic E-state index is 9.15. The predicted octanol–water partition coefficient (Wildman–Crippen LogP) is 2.52. The molecule has 6 heteroatoms. The van der Waals surface area contributed by atoms with E-state index in [0.717, 1.165) is 11.1 Å². The van der Waals surface area contributed by atoms with Crippen LogP contribution in [-0.4, -0.2) is 26.9 Å². The average molecular weight is 291 g/mol. The summed E-state index contributed by atoms with van der Waals surface area (Å²) in [5.41, 5.74) is 2.93. The maximum atomic E-state index is 9.15. The lowest BCUT2D eigenvalue weighted by Crippen LogP contribution is -2.04. The number of aryl methyl sites for hydroxylation is 1. The molecule has 2 aromatic heterocycles. The molecule has 2 heterocycles. The number of hydrogen-bond donors (Lipinski definition) is 0. The number of nitrogens with zero attached hydrogens (tertiary/aromatic N) is 5. The van der Waals surface area contributed by atoms with Crippen molar-refractivity contribution in [2.24, 2.45) is 0 Å². The predicted molar refractivity (Wildman–Crippen MR) is 80.6 cm³/mol. The van der Waals surface area contributed by atoms with Crippen molar-refractivity contribution in [3.05, 3.63) is 54.0 Å². The van der Waals surface area contributed by atoms with Gasteiger partial charge in [-0.3, -0.25) is 0 Å². The zero-order valence-corrected chi connectivity index (χ0v) is 12.2. The molecule has 3 aromatic rings. The molecule has 108 valence electrons. The minimum Gasteiger partial charge on any atom is -0.496 e. The van der Waals surface area contributed by atoms with Gasteiger partial charge in [0.15, 0.2) is 5.69 Å². The standard InChI is InChI=1S/C16H13N5O/c1-11-4-5-15(22-2)13(8-11)14-9-12(10-17)20-21(14)16-18-6-3-7-19-16/h3-9H,1-2H3. The molecule has 6 nitrogen and oxygen atoms in total. The van der Waals surface area contributed by atoms with E-state index in [1.54, 1.807) is 36.3 Å². The van der Waals surface area contributed by atoms with Gasteiger partial charge in [-0.1, -0.05) is 11.6 Å². The van der Waals surface area contributed by atoms with E-state index in [0.29, 0.717) is 23.1 Å². The van der Waals surface area contributed by atoms with E-state index in [1.165, 1.54) is 0 Å². The van der Waals surface area contributed by atoms with Crippen molar-refractivity contribution in [3.63, 3.8) is 0 Å². The molecule has 3 rings (SSSR count). The van der Waals surface area contributed by atoms with Crippen LogP contribution in [0.25, 0.3) is 17.2 Å². The van der Waals surface area contributed by atoms with Crippen LogP contribution >= 0.6 is 0 Å². The van der Waals surface area contributed by atoms with E-state index in [1.807, 2.05) is 25.1 Å². The van der Waals surface area contributed by atoms with Gasteiger partial charge in [0.1, 0.15) is 11.8 Å². The van der Waals surface area contributed by atoms with Crippen molar-refractivity contribution < 1.29 is 4.74 Å². The summed E-state index contributed by atoms with van der Waals surface area (Å²) in [6, 6.07) is 11.3. The van der Waals surface area contributed by atoms with E-state index in [2.05, 4.69) is 21.1 Å². The highest BCUT2D eigenvalue weighted by atomic mass is 16.5. The van der Waals surface area contributed by atoms with Crippen LogP contribution < -0.4 is 4.74 Å². The summed E-state index contributed by atoms with van der Waals surface area (Å²) in [7, 11) is 1.61. The van der Waals surface area contributed by atoms with Crippen LogP contribution in [0.15, 0.2) is 42.7 Å². The molecule has 0 saturated carbocycles. The highest BCUT2D eigenvalue weighted by Gasteiger charge is 2.16. The van der Waals surface area contributed by atoms with Crippen LogP contribution in [0.4, 0.5) is 0 Å². The molecular weight excluding hydrogens is 278 g/mol. The van der Waals surface area contributed by atoms with Crippen LogP contribution in [0.1, 0.15) is 11.3 Å². The Morgan fingerprint density at radius 3 is 2.64 bits per heavy atom. The van der Waals surface area contributed by atoms with E-state index in [4.69, 9.17) is 10.00 Å². The molecule has 0 bridgehead atoms. The Balaban J connectivity index is 2.26. The number of nitriles is 1. The quantitative estimate of drug-likeness (QED) is 0.741. The summed E-state index contributed by atoms with van der Waals surface area (Å²) in [6.07, 6.45) is 3.26. The second-order valence-corrected chi connectivity index (χ2v) is 4.69. The Hall–Kier alpha value is -3.20. The number of hydrogen-bond acceptors (Lipinski definition) is 5. The molecule has 0 aliphatic carbocycles. The first-order valence-corrected chi connectivity index (χ1v) is 6.65. The normalized spacial score (nSPS) is 10.2.